The van der Waals surface area contributed by atoms with Crippen molar-refractivity contribution in [2.24, 2.45) is 0 Å². The second kappa shape index (κ2) is 8.98. The molecule has 1 saturated heterocycles. The number of likely N-dealkylation sites (tertiary alicyclic amines) is 1. The average Bonchev–Trinajstić information content (AvgIpc) is 3.37. The van der Waals surface area contributed by atoms with E-state index in [0.29, 0.717) is 19.5 Å². The minimum absolute atomic E-state index is 0.0733. The number of aromatic nitrogens is 2. The number of rotatable bonds is 6. The van der Waals surface area contributed by atoms with Gasteiger partial charge in [0.1, 0.15) is 11.6 Å². The highest BCUT2D eigenvalue weighted by molar-refractivity contribution is 5.81. The molecule has 1 aromatic heterocycles. The van der Waals surface area contributed by atoms with E-state index in [-0.39, 0.29) is 11.8 Å². The molecule has 3 aromatic carbocycles. The van der Waals surface area contributed by atoms with Crippen LogP contribution in [0.1, 0.15) is 46.0 Å². The molecule has 4 aromatic rings. The Hall–Kier alpha value is -3.60. The first kappa shape index (κ1) is 22.2. The van der Waals surface area contributed by atoms with Crippen LogP contribution in [0.25, 0.3) is 11.0 Å². The number of benzene rings is 3. The molecule has 1 fully saturated rings. The van der Waals surface area contributed by atoms with Gasteiger partial charge in [-0.25, -0.2) is 4.98 Å². The lowest BCUT2D eigenvalue weighted by Crippen LogP contribution is -2.24. The van der Waals surface area contributed by atoms with Crippen LogP contribution in [-0.4, -0.2) is 34.0 Å². The van der Waals surface area contributed by atoms with E-state index in [0.717, 1.165) is 34.7 Å². The molecule has 2 heterocycles. The molecule has 1 atom stereocenters. The van der Waals surface area contributed by atoms with Crippen molar-refractivity contribution < 1.29 is 9.53 Å². The molecule has 0 aliphatic carbocycles. The fourth-order valence-corrected chi connectivity index (χ4v) is 5.24. The number of nitrogens with zero attached hydrogens (tertiary/aromatic N) is 3. The van der Waals surface area contributed by atoms with Crippen molar-refractivity contribution in [3.8, 4) is 5.75 Å². The zero-order valence-corrected chi connectivity index (χ0v) is 20.3. The van der Waals surface area contributed by atoms with Gasteiger partial charge in [-0.1, -0.05) is 42.0 Å². The van der Waals surface area contributed by atoms with Crippen LogP contribution in [0.4, 0.5) is 0 Å². The largest absolute Gasteiger partial charge is 0.497 e. The van der Waals surface area contributed by atoms with Crippen LogP contribution in [0.3, 0.4) is 0 Å². The number of hydrogen-bond donors (Lipinski definition) is 0. The molecule has 0 radical (unpaired) electrons. The van der Waals surface area contributed by atoms with E-state index in [1.54, 1.807) is 7.11 Å². The maximum atomic E-state index is 13.0. The predicted molar refractivity (Wildman–Crippen MR) is 135 cm³/mol. The monoisotopic (exact) mass is 453 g/mol. The van der Waals surface area contributed by atoms with E-state index in [1.165, 1.54) is 22.3 Å². The van der Waals surface area contributed by atoms with Crippen molar-refractivity contribution in [1.82, 2.24) is 14.5 Å². The van der Waals surface area contributed by atoms with E-state index in [2.05, 4.69) is 55.7 Å². The molecular weight excluding hydrogens is 422 g/mol. The highest BCUT2D eigenvalue weighted by Crippen LogP contribution is 2.32. The van der Waals surface area contributed by atoms with Crippen molar-refractivity contribution in [2.45, 2.75) is 46.2 Å². The number of methoxy groups -OCH3 is 1. The zero-order chi connectivity index (χ0) is 23.8. The number of aryl methyl sites for hydroxylation is 3. The standard InChI is InChI=1S/C29H31N3O2/c1-19-13-20(2)25(21(3)14-19)18-32-27-8-6-5-7-26(27)30-29(32)23-15-28(33)31(17-23)16-22-9-11-24(34-4)12-10-22/h5-14,23H,15-18H2,1-4H3. The summed E-state index contributed by atoms with van der Waals surface area (Å²) in [6.07, 6.45) is 0.491. The van der Waals surface area contributed by atoms with Gasteiger partial charge in [-0.15, -0.1) is 0 Å². The topological polar surface area (TPSA) is 47.4 Å². The molecule has 0 bridgehead atoms. The highest BCUT2D eigenvalue weighted by atomic mass is 16.5. The Morgan fingerprint density at radius 1 is 0.971 bits per heavy atom. The van der Waals surface area contributed by atoms with Gasteiger partial charge in [-0.2, -0.15) is 0 Å². The van der Waals surface area contributed by atoms with Crippen LogP contribution < -0.4 is 4.74 Å². The Morgan fingerprint density at radius 2 is 1.68 bits per heavy atom. The van der Waals surface area contributed by atoms with E-state index >= 15 is 0 Å². The van der Waals surface area contributed by atoms with Gasteiger partial charge in [-0.3, -0.25) is 4.79 Å². The molecule has 1 amide bonds. The van der Waals surface area contributed by atoms with Crippen LogP contribution in [0.5, 0.6) is 5.75 Å². The van der Waals surface area contributed by atoms with Crippen LogP contribution in [0.15, 0.2) is 60.7 Å². The Balaban J connectivity index is 1.46. The summed E-state index contributed by atoms with van der Waals surface area (Å²) in [4.78, 5) is 20.0. The number of imidazole rings is 1. The molecule has 0 saturated carbocycles. The normalized spacial score (nSPS) is 15.9. The lowest BCUT2D eigenvalue weighted by atomic mass is 9.99. The van der Waals surface area contributed by atoms with E-state index in [1.807, 2.05) is 35.2 Å². The van der Waals surface area contributed by atoms with E-state index in [9.17, 15) is 4.79 Å². The molecule has 1 aliphatic rings. The van der Waals surface area contributed by atoms with Gasteiger partial charge < -0.3 is 14.2 Å². The van der Waals surface area contributed by atoms with Gasteiger partial charge in [0.25, 0.3) is 0 Å². The minimum Gasteiger partial charge on any atom is -0.497 e. The molecule has 5 rings (SSSR count). The minimum atomic E-state index is 0.0733. The summed E-state index contributed by atoms with van der Waals surface area (Å²) in [7, 11) is 1.66. The number of carbonyl (C=O) groups is 1. The fraction of sp³-hybridized carbons (Fsp3) is 0.310. The molecule has 0 spiro atoms. The van der Waals surface area contributed by atoms with Crippen LogP contribution in [-0.2, 0) is 17.9 Å². The lowest BCUT2D eigenvalue weighted by Gasteiger charge is -2.19. The summed E-state index contributed by atoms with van der Waals surface area (Å²) in [5, 5.41) is 0. The molecule has 5 heteroatoms. The first-order valence-electron chi connectivity index (χ1n) is 11.9. The summed E-state index contributed by atoms with van der Waals surface area (Å²) >= 11 is 0. The second-order valence-electron chi connectivity index (χ2n) is 9.45. The first-order valence-corrected chi connectivity index (χ1v) is 11.9. The molecule has 1 unspecified atom stereocenters. The Morgan fingerprint density at radius 3 is 2.38 bits per heavy atom. The molecule has 174 valence electrons. The van der Waals surface area contributed by atoms with E-state index in [4.69, 9.17) is 9.72 Å². The third-order valence-electron chi connectivity index (χ3n) is 6.95. The van der Waals surface area contributed by atoms with E-state index < -0.39 is 0 Å². The molecule has 5 nitrogen and oxygen atoms in total. The summed E-state index contributed by atoms with van der Waals surface area (Å²) in [5.74, 6) is 2.09. The van der Waals surface area contributed by atoms with Crippen molar-refractivity contribution in [3.05, 3.63) is 94.3 Å². The quantitative estimate of drug-likeness (QED) is 0.385. The Kier molecular flexibility index (Phi) is 5.86. The van der Waals surface area contributed by atoms with Gasteiger partial charge in [0.2, 0.25) is 5.91 Å². The van der Waals surface area contributed by atoms with Crippen LogP contribution >= 0.6 is 0 Å². The Labute approximate surface area is 201 Å². The molecular formula is C29H31N3O2. The number of carbonyl (C=O) groups excluding carboxylic acids is 1. The summed E-state index contributed by atoms with van der Waals surface area (Å²) in [5.41, 5.74) is 8.42. The number of fused-ring (bicyclic) bond motifs is 1. The van der Waals surface area contributed by atoms with Crippen LogP contribution in [0.2, 0.25) is 0 Å². The average molecular weight is 454 g/mol. The molecule has 1 aliphatic heterocycles. The van der Waals surface area contributed by atoms with Gasteiger partial charge in [-0.05, 0) is 67.3 Å². The smallest absolute Gasteiger partial charge is 0.223 e. The van der Waals surface area contributed by atoms with Crippen molar-refractivity contribution in [1.29, 1.82) is 0 Å². The second-order valence-corrected chi connectivity index (χ2v) is 9.45. The Bertz CT molecular complexity index is 1330. The van der Waals surface area contributed by atoms with Gasteiger partial charge >= 0.3 is 0 Å². The zero-order valence-electron chi connectivity index (χ0n) is 20.3. The molecule has 34 heavy (non-hydrogen) atoms. The fourth-order valence-electron chi connectivity index (χ4n) is 5.24. The highest BCUT2D eigenvalue weighted by Gasteiger charge is 2.34. The maximum absolute atomic E-state index is 13.0. The SMILES string of the molecule is COc1ccc(CN2CC(c3nc4ccccc4n3Cc3c(C)cc(C)cc3C)CC2=O)cc1. The summed E-state index contributed by atoms with van der Waals surface area (Å²) in [6.45, 7) is 8.56. The molecule has 0 N–H and O–H groups in total. The first-order chi connectivity index (χ1) is 16.4. The van der Waals surface area contributed by atoms with Gasteiger partial charge in [0, 0.05) is 32.0 Å². The number of amides is 1. The van der Waals surface area contributed by atoms with Crippen molar-refractivity contribution in [2.75, 3.05) is 13.7 Å². The third-order valence-corrected chi connectivity index (χ3v) is 6.95. The number of ether oxygens (including phenoxy) is 1. The third kappa shape index (κ3) is 4.18. The maximum Gasteiger partial charge on any atom is 0.223 e. The summed E-state index contributed by atoms with van der Waals surface area (Å²) < 4.78 is 7.59. The lowest BCUT2D eigenvalue weighted by molar-refractivity contribution is -0.128. The van der Waals surface area contributed by atoms with Gasteiger partial charge in [0.15, 0.2) is 0 Å². The number of para-hydroxylation sites is 2. The summed E-state index contributed by atoms with van der Waals surface area (Å²) in [6, 6.07) is 20.7. The van der Waals surface area contributed by atoms with Crippen molar-refractivity contribution in [3.63, 3.8) is 0 Å². The predicted octanol–water partition coefficient (Wildman–Crippen LogP) is 5.53. The van der Waals surface area contributed by atoms with Gasteiger partial charge in [0.05, 0.1) is 18.1 Å². The van der Waals surface area contributed by atoms with Crippen LogP contribution in [0, 0.1) is 20.8 Å². The number of hydrogen-bond acceptors (Lipinski definition) is 3. The van der Waals surface area contributed by atoms with Crippen molar-refractivity contribution >= 4 is 16.9 Å².